The topological polar surface area (TPSA) is 95.9 Å². The summed E-state index contributed by atoms with van der Waals surface area (Å²) in [5, 5.41) is 12.5. The van der Waals surface area contributed by atoms with Crippen molar-refractivity contribution in [2.75, 3.05) is 13.2 Å². The number of hydrogen-bond donors (Lipinski definition) is 2. The number of piperidine rings is 1. The largest absolute Gasteiger partial charge is 0.479 e. The van der Waals surface area contributed by atoms with Gasteiger partial charge in [-0.05, 0) is 61.3 Å². The molecule has 34 heavy (non-hydrogen) atoms. The molecular formula is C27H30N2O5. The van der Waals surface area contributed by atoms with E-state index in [0.717, 1.165) is 35.1 Å². The fourth-order valence-corrected chi connectivity index (χ4v) is 5.84. The fraction of sp³-hybridized carbons (Fsp3) is 0.444. The number of ether oxygens (including phenoxy) is 1. The molecule has 0 aromatic heterocycles. The van der Waals surface area contributed by atoms with E-state index in [1.807, 2.05) is 24.3 Å². The van der Waals surface area contributed by atoms with Crippen LogP contribution in [0.3, 0.4) is 0 Å². The lowest BCUT2D eigenvalue weighted by Crippen LogP contribution is -2.54. The molecule has 1 aliphatic heterocycles. The predicted octanol–water partition coefficient (Wildman–Crippen LogP) is 4.16. The van der Waals surface area contributed by atoms with Crippen LogP contribution in [-0.2, 0) is 14.3 Å². The Hall–Kier alpha value is -3.35. The molecule has 2 aromatic carbocycles. The first-order valence-electron chi connectivity index (χ1n) is 11.9. The Morgan fingerprint density at radius 2 is 1.71 bits per heavy atom. The molecule has 2 atom stereocenters. The van der Waals surface area contributed by atoms with E-state index in [2.05, 4.69) is 29.6 Å². The summed E-state index contributed by atoms with van der Waals surface area (Å²) in [5.74, 6) is -1.17. The highest BCUT2D eigenvalue weighted by Gasteiger charge is 2.66. The molecule has 1 saturated carbocycles. The van der Waals surface area contributed by atoms with Gasteiger partial charge in [-0.1, -0.05) is 48.5 Å². The van der Waals surface area contributed by atoms with E-state index in [4.69, 9.17) is 4.74 Å². The molecule has 1 heterocycles. The summed E-state index contributed by atoms with van der Waals surface area (Å²) in [5.41, 5.74) is 2.66. The maximum absolute atomic E-state index is 13.1. The quantitative estimate of drug-likeness (QED) is 0.672. The van der Waals surface area contributed by atoms with Gasteiger partial charge in [0.1, 0.15) is 12.1 Å². The minimum absolute atomic E-state index is 0.0128. The number of amides is 2. The van der Waals surface area contributed by atoms with Crippen LogP contribution < -0.4 is 5.32 Å². The summed E-state index contributed by atoms with van der Waals surface area (Å²) >= 11 is 0. The van der Waals surface area contributed by atoms with Crippen molar-refractivity contribution < 1.29 is 24.2 Å². The number of nitrogens with one attached hydrogen (secondary N) is 1. The second-order valence-corrected chi connectivity index (χ2v) is 10.3. The molecular weight excluding hydrogens is 432 g/mol. The van der Waals surface area contributed by atoms with Gasteiger partial charge in [-0.25, -0.2) is 9.59 Å². The number of fused-ring (bicyclic) bond motifs is 4. The summed E-state index contributed by atoms with van der Waals surface area (Å²) in [7, 11) is 0. The Morgan fingerprint density at radius 3 is 2.32 bits per heavy atom. The van der Waals surface area contributed by atoms with E-state index < -0.39 is 23.1 Å². The van der Waals surface area contributed by atoms with Crippen molar-refractivity contribution in [1.82, 2.24) is 10.2 Å². The van der Waals surface area contributed by atoms with Crippen molar-refractivity contribution in [2.45, 2.75) is 56.5 Å². The van der Waals surface area contributed by atoms with Crippen LogP contribution in [0.25, 0.3) is 11.1 Å². The van der Waals surface area contributed by atoms with Crippen molar-refractivity contribution in [3.05, 3.63) is 59.7 Å². The number of benzene rings is 2. The minimum Gasteiger partial charge on any atom is -0.479 e. The molecule has 0 radical (unpaired) electrons. The van der Waals surface area contributed by atoms with E-state index in [1.165, 1.54) is 4.90 Å². The van der Waals surface area contributed by atoms with Crippen LogP contribution in [0.2, 0.25) is 0 Å². The third kappa shape index (κ3) is 3.73. The van der Waals surface area contributed by atoms with Gasteiger partial charge in [0.05, 0.1) is 0 Å². The number of carboxylic acids is 1. The molecule has 178 valence electrons. The zero-order valence-electron chi connectivity index (χ0n) is 19.5. The van der Waals surface area contributed by atoms with E-state index in [1.54, 1.807) is 13.8 Å². The van der Waals surface area contributed by atoms with Crippen LogP contribution in [-0.4, -0.2) is 52.2 Å². The van der Waals surface area contributed by atoms with Crippen LogP contribution >= 0.6 is 0 Å². The first-order chi connectivity index (χ1) is 16.2. The summed E-state index contributed by atoms with van der Waals surface area (Å²) in [6.07, 6.45) is 1.60. The van der Waals surface area contributed by atoms with E-state index in [9.17, 15) is 19.5 Å². The Balaban J connectivity index is 1.21. The van der Waals surface area contributed by atoms with Gasteiger partial charge in [0.2, 0.25) is 5.91 Å². The van der Waals surface area contributed by atoms with E-state index in [-0.39, 0.29) is 30.8 Å². The first kappa shape index (κ1) is 22.4. The Labute approximate surface area is 199 Å². The molecule has 2 amide bonds. The van der Waals surface area contributed by atoms with Crippen molar-refractivity contribution in [2.24, 2.45) is 5.92 Å². The molecule has 2 aromatic rings. The zero-order valence-corrected chi connectivity index (χ0v) is 19.5. The number of alkyl carbamates (subject to hydrolysis) is 1. The maximum Gasteiger partial charge on any atom is 0.407 e. The average molecular weight is 463 g/mol. The number of aliphatic carboxylic acids is 1. The molecule has 0 spiro atoms. The number of hydrogen-bond acceptors (Lipinski definition) is 4. The van der Waals surface area contributed by atoms with Crippen molar-refractivity contribution in [1.29, 1.82) is 0 Å². The SMILES string of the molecule is CC(C)(CC(=O)N1CCC[C@@H]2C[C@@]21C(=O)O)NC(=O)OCC1c2ccccc2-c2ccccc21. The molecule has 2 aliphatic carbocycles. The van der Waals surface area contributed by atoms with Gasteiger partial charge in [0.25, 0.3) is 0 Å². The summed E-state index contributed by atoms with van der Waals surface area (Å²) in [6, 6.07) is 16.3. The third-order valence-corrected chi connectivity index (χ3v) is 7.54. The molecule has 7 heteroatoms. The highest BCUT2D eigenvalue weighted by atomic mass is 16.5. The van der Waals surface area contributed by atoms with Gasteiger partial charge in [-0.15, -0.1) is 0 Å². The standard InChI is InChI=1S/C27H30N2O5/c1-26(2,15-23(30)29-13-7-8-17-14-27(17,29)24(31)32)28-25(33)34-16-22-20-11-5-3-9-18(20)19-10-4-6-12-21(19)22/h3-6,9-12,17,22H,7-8,13-16H2,1-2H3,(H,28,33)(H,31,32)/t17-,27+/m1/s1. The highest BCUT2D eigenvalue weighted by Crippen LogP contribution is 2.54. The number of carbonyl (C=O) groups is 3. The second-order valence-electron chi connectivity index (χ2n) is 10.3. The van der Waals surface area contributed by atoms with Crippen molar-refractivity contribution >= 4 is 18.0 Å². The number of carbonyl (C=O) groups excluding carboxylic acids is 2. The third-order valence-electron chi connectivity index (χ3n) is 7.54. The summed E-state index contributed by atoms with van der Waals surface area (Å²) in [6.45, 7) is 4.16. The van der Waals surface area contributed by atoms with Gasteiger partial charge in [0.15, 0.2) is 0 Å². The molecule has 2 fully saturated rings. The van der Waals surface area contributed by atoms with Gasteiger partial charge in [0, 0.05) is 24.4 Å². The average Bonchev–Trinajstić information content (AvgIpc) is 3.48. The Morgan fingerprint density at radius 1 is 1.09 bits per heavy atom. The molecule has 5 rings (SSSR count). The first-order valence-corrected chi connectivity index (χ1v) is 11.9. The number of carboxylic acid groups (broad SMARTS) is 1. The Bertz CT molecular complexity index is 1110. The van der Waals surface area contributed by atoms with Crippen LogP contribution in [0.15, 0.2) is 48.5 Å². The van der Waals surface area contributed by atoms with Gasteiger partial charge < -0.3 is 20.1 Å². The number of likely N-dealkylation sites (tertiary alicyclic amines) is 1. The van der Waals surface area contributed by atoms with Gasteiger partial charge >= 0.3 is 12.1 Å². The number of rotatable bonds is 6. The number of nitrogens with zero attached hydrogens (tertiary/aromatic N) is 1. The maximum atomic E-state index is 13.1. The molecule has 0 bridgehead atoms. The van der Waals surface area contributed by atoms with Crippen molar-refractivity contribution in [3.63, 3.8) is 0 Å². The van der Waals surface area contributed by atoms with Crippen molar-refractivity contribution in [3.8, 4) is 11.1 Å². The normalized spacial score (nSPS) is 22.9. The van der Waals surface area contributed by atoms with Gasteiger partial charge in [-0.3, -0.25) is 4.79 Å². The molecule has 3 aliphatic rings. The predicted molar refractivity (Wildman–Crippen MR) is 126 cm³/mol. The molecule has 0 unspecified atom stereocenters. The van der Waals surface area contributed by atoms with Crippen LogP contribution in [0, 0.1) is 5.92 Å². The van der Waals surface area contributed by atoms with Crippen LogP contribution in [0.1, 0.15) is 56.6 Å². The molecule has 7 nitrogen and oxygen atoms in total. The lowest BCUT2D eigenvalue weighted by Gasteiger charge is -2.36. The van der Waals surface area contributed by atoms with Crippen LogP contribution in [0.5, 0.6) is 0 Å². The molecule has 2 N–H and O–H groups in total. The Kier molecular flexibility index (Phi) is 5.38. The lowest BCUT2D eigenvalue weighted by atomic mass is 9.96. The molecule has 1 saturated heterocycles. The van der Waals surface area contributed by atoms with Crippen LogP contribution in [0.4, 0.5) is 4.79 Å². The lowest BCUT2D eigenvalue weighted by molar-refractivity contribution is -0.155. The summed E-state index contributed by atoms with van der Waals surface area (Å²) in [4.78, 5) is 39.1. The van der Waals surface area contributed by atoms with E-state index in [0.29, 0.717) is 13.0 Å². The second kappa shape index (κ2) is 8.15. The zero-order chi connectivity index (χ0) is 24.1. The summed E-state index contributed by atoms with van der Waals surface area (Å²) < 4.78 is 5.62. The fourth-order valence-electron chi connectivity index (χ4n) is 5.84. The van der Waals surface area contributed by atoms with Gasteiger partial charge in [-0.2, -0.15) is 0 Å². The monoisotopic (exact) mass is 462 g/mol. The highest BCUT2D eigenvalue weighted by molar-refractivity contribution is 5.91. The smallest absolute Gasteiger partial charge is 0.407 e. The minimum atomic E-state index is -1.05. The van der Waals surface area contributed by atoms with E-state index >= 15 is 0 Å².